The summed E-state index contributed by atoms with van der Waals surface area (Å²) in [4.78, 5) is 0. The summed E-state index contributed by atoms with van der Waals surface area (Å²) in [7, 11) is 0. The second-order valence-corrected chi connectivity index (χ2v) is 5.76. The Kier molecular flexibility index (Phi) is 3.76. The average Bonchev–Trinajstić information content (AvgIpc) is 2.58. The maximum absolute atomic E-state index is 9.29. The van der Waals surface area contributed by atoms with E-state index in [1.54, 1.807) is 0 Å². The maximum atomic E-state index is 9.29. The quantitative estimate of drug-likeness (QED) is 0.858. The topological polar surface area (TPSA) is 25.2 Å². The van der Waals surface area contributed by atoms with Crippen molar-refractivity contribution in [3.63, 3.8) is 0 Å². The molecule has 0 bridgehead atoms. The predicted octanol–water partition coefficient (Wildman–Crippen LogP) is 4.11. The summed E-state index contributed by atoms with van der Waals surface area (Å²) < 4.78 is 4.21. The van der Waals surface area contributed by atoms with Crippen LogP contribution in [-0.2, 0) is 6.61 Å². The zero-order valence-corrected chi connectivity index (χ0v) is 12.8. The van der Waals surface area contributed by atoms with E-state index in [1.165, 1.54) is 0 Å². The number of nitrogens with zero attached hydrogens (tertiary/aromatic N) is 1. The average molecular weight is 359 g/mol. The molecule has 0 aliphatic heterocycles. The number of halogens is 2. The number of benzene rings is 1. The van der Waals surface area contributed by atoms with Gasteiger partial charge in [0, 0.05) is 20.3 Å². The first-order valence-electron chi connectivity index (χ1n) is 5.28. The van der Waals surface area contributed by atoms with Gasteiger partial charge in [-0.2, -0.15) is 0 Å². The van der Waals surface area contributed by atoms with Crippen LogP contribution in [0.25, 0.3) is 5.69 Å². The summed E-state index contributed by atoms with van der Waals surface area (Å²) in [6.45, 7) is 4.14. The lowest BCUT2D eigenvalue weighted by Gasteiger charge is -2.12. The summed E-state index contributed by atoms with van der Waals surface area (Å²) in [6, 6.07) is 8.08. The molecule has 2 nitrogen and oxygen atoms in total. The highest BCUT2D eigenvalue weighted by Crippen LogP contribution is 2.29. The Labute approximate surface area is 118 Å². The Bertz CT molecular complexity index is 561. The van der Waals surface area contributed by atoms with Crippen LogP contribution < -0.4 is 0 Å². The summed E-state index contributed by atoms with van der Waals surface area (Å²) >= 11 is 7.05. The monoisotopic (exact) mass is 357 g/mol. The van der Waals surface area contributed by atoms with Gasteiger partial charge < -0.3 is 9.67 Å². The third-order valence-electron chi connectivity index (χ3n) is 2.86. The minimum absolute atomic E-state index is 0.0747. The molecule has 0 amide bonds. The van der Waals surface area contributed by atoms with Crippen LogP contribution in [-0.4, -0.2) is 9.67 Å². The molecule has 0 aliphatic rings. The fourth-order valence-corrected chi connectivity index (χ4v) is 2.79. The number of aromatic nitrogens is 1. The van der Waals surface area contributed by atoms with E-state index in [-0.39, 0.29) is 6.61 Å². The van der Waals surface area contributed by atoms with Gasteiger partial charge in [0.25, 0.3) is 0 Å². The fraction of sp³-hybridized carbons (Fsp3) is 0.231. The van der Waals surface area contributed by atoms with E-state index in [9.17, 15) is 5.11 Å². The lowest BCUT2D eigenvalue weighted by Crippen LogP contribution is -2.00. The minimum atomic E-state index is 0.0747. The standard InChI is InChI=1S/C13H13Br2NO/c1-8-5-10(7-17)9(2)16(8)13-6-11(14)3-4-12(13)15/h3-6,17H,7H2,1-2H3. The Morgan fingerprint density at radius 2 is 1.88 bits per heavy atom. The van der Waals surface area contributed by atoms with Crippen molar-refractivity contribution >= 4 is 31.9 Å². The van der Waals surface area contributed by atoms with Crippen LogP contribution in [0, 0.1) is 13.8 Å². The van der Waals surface area contributed by atoms with Gasteiger partial charge >= 0.3 is 0 Å². The molecule has 1 aromatic heterocycles. The molecule has 1 aromatic carbocycles. The molecule has 90 valence electrons. The molecule has 0 saturated carbocycles. The Balaban J connectivity index is 2.68. The zero-order valence-electron chi connectivity index (χ0n) is 9.67. The number of aliphatic hydroxyl groups is 1. The molecule has 0 aliphatic carbocycles. The summed E-state index contributed by atoms with van der Waals surface area (Å²) in [5.41, 5.74) is 4.23. The van der Waals surface area contributed by atoms with E-state index in [0.29, 0.717) is 0 Å². The minimum Gasteiger partial charge on any atom is -0.392 e. The first-order valence-corrected chi connectivity index (χ1v) is 6.87. The molecule has 0 saturated heterocycles. The largest absolute Gasteiger partial charge is 0.392 e. The maximum Gasteiger partial charge on any atom is 0.0699 e. The number of aryl methyl sites for hydroxylation is 1. The van der Waals surface area contributed by atoms with Gasteiger partial charge in [0.05, 0.1) is 12.3 Å². The summed E-state index contributed by atoms with van der Waals surface area (Å²) in [5, 5.41) is 9.29. The molecule has 1 heterocycles. The lowest BCUT2D eigenvalue weighted by atomic mass is 10.2. The molecule has 0 unspecified atom stereocenters. The second-order valence-electron chi connectivity index (χ2n) is 3.99. The highest BCUT2D eigenvalue weighted by molar-refractivity contribution is 9.11. The number of hydrogen-bond acceptors (Lipinski definition) is 1. The SMILES string of the molecule is Cc1cc(CO)c(C)n1-c1cc(Br)ccc1Br. The van der Waals surface area contributed by atoms with Crippen LogP contribution in [0.2, 0.25) is 0 Å². The van der Waals surface area contributed by atoms with Crippen molar-refractivity contribution in [2.45, 2.75) is 20.5 Å². The molecular weight excluding hydrogens is 346 g/mol. The predicted molar refractivity (Wildman–Crippen MR) is 76.6 cm³/mol. The highest BCUT2D eigenvalue weighted by atomic mass is 79.9. The van der Waals surface area contributed by atoms with E-state index < -0.39 is 0 Å². The van der Waals surface area contributed by atoms with Crippen molar-refractivity contribution in [1.82, 2.24) is 4.57 Å². The molecule has 17 heavy (non-hydrogen) atoms. The third kappa shape index (κ3) is 2.34. The Morgan fingerprint density at radius 3 is 2.47 bits per heavy atom. The van der Waals surface area contributed by atoms with Gasteiger partial charge in [0.15, 0.2) is 0 Å². The number of hydrogen-bond donors (Lipinski definition) is 1. The molecule has 0 fully saturated rings. The first kappa shape index (κ1) is 12.9. The van der Waals surface area contributed by atoms with Crippen molar-refractivity contribution < 1.29 is 5.11 Å². The van der Waals surface area contributed by atoms with E-state index in [1.807, 2.05) is 32.0 Å². The summed E-state index contributed by atoms with van der Waals surface area (Å²) in [6.07, 6.45) is 0. The second kappa shape index (κ2) is 4.96. The van der Waals surface area contributed by atoms with Gasteiger partial charge in [-0.3, -0.25) is 0 Å². The molecule has 2 aromatic rings. The normalized spacial score (nSPS) is 10.9. The number of aliphatic hydroxyl groups excluding tert-OH is 1. The van der Waals surface area contributed by atoms with Gasteiger partial charge in [0.2, 0.25) is 0 Å². The van der Waals surface area contributed by atoms with E-state index in [4.69, 9.17) is 0 Å². The molecule has 0 spiro atoms. The van der Waals surface area contributed by atoms with Crippen molar-refractivity contribution in [3.8, 4) is 5.69 Å². The molecule has 1 N–H and O–H groups in total. The van der Waals surface area contributed by atoms with Gasteiger partial charge in [-0.05, 0) is 59.6 Å². The van der Waals surface area contributed by atoms with Gasteiger partial charge in [0.1, 0.15) is 0 Å². The first-order chi connectivity index (χ1) is 8.04. The van der Waals surface area contributed by atoms with Crippen LogP contribution in [0.4, 0.5) is 0 Å². The van der Waals surface area contributed by atoms with E-state index in [2.05, 4.69) is 42.5 Å². The summed E-state index contributed by atoms with van der Waals surface area (Å²) in [5.74, 6) is 0. The number of rotatable bonds is 2. The van der Waals surface area contributed by atoms with Gasteiger partial charge in [-0.25, -0.2) is 0 Å². The fourth-order valence-electron chi connectivity index (χ4n) is 2.02. The molecular formula is C13H13Br2NO. The van der Waals surface area contributed by atoms with Crippen molar-refractivity contribution in [3.05, 3.63) is 50.2 Å². The van der Waals surface area contributed by atoms with Crippen LogP contribution >= 0.6 is 31.9 Å². The van der Waals surface area contributed by atoms with Crippen molar-refractivity contribution in [2.24, 2.45) is 0 Å². The van der Waals surface area contributed by atoms with Crippen LogP contribution in [0.5, 0.6) is 0 Å². The van der Waals surface area contributed by atoms with E-state index in [0.717, 1.165) is 31.6 Å². The highest BCUT2D eigenvalue weighted by Gasteiger charge is 2.12. The molecule has 0 radical (unpaired) electrons. The Morgan fingerprint density at radius 1 is 1.18 bits per heavy atom. The van der Waals surface area contributed by atoms with Crippen LogP contribution in [0.3, 0.4) is 0 Å². The van der Waals surface area contributed by atoms with Crippen molar-refractivity contribution in [2.75, 3.05) is 0 Å². The van der Waals surface area contributed by atoms with Crippen LogP contribution in [0.1, 0.15) is 17.0 Å². The molecule has 4 heteroatoms. The zero-order chi connectivity index (χ0) is 12.6. The van der Waals surface area contributed by atoms with Crippen LogP contribution in [0.15, 0.2) is 33.2 Å². The van der Waals surface area contributed by atoms with E-state index >= 15 is 0 Å². The molecule has 2 rings (SSSR count). The third-order valence-corrected chi connectivity index (χ3v) is 4.02. The Hall–Kier alpha value is -0.580. The van der Waals surface area contributed by atoms with Gasteiger partial charge in [-0.1, -0.05) is 15.9 Å². The smallest absolute Gasteiger partial charge is 0.0699 e. The molecule has 0 atom stereocenters. The van der Waals surface area contributed by atoms with Gasteiger partial charge in [-0.15, -0.1) is 0 Å². The lowest BCUT2D eigenvalue weighted by molar-refractivity contribution is 0.281. The van der Waals surface area contributed by atoms with Crippen molar-refractivity contribution in [1.29, 1.82) is 0 Å².